The van der Waals surface area contributed by atoms with Crippen LogP contribution in [-0.2, 0) is 12.8 Å². The van der Waals surface area contributed by atoms with Gasteiger partial charge in [0.05, 0.1) is 5.52 Å². The number of aryl methyl sites for hydroxylation is 2. The lowest BCUT2D eigenvalue weighted by atomic mass is 9.84. The number of nitrogens with zero attached hydrogens (tertiary/aromatic N) is 1. The van der Waals surface area contributed by atoms with Gasteiger partial charge >= 0.3 is 0 Å². The minimum atomic E-state index is 0.814. The van der Waals surface area contributed by atoms with E-state index in [1.807, 2.05) is 0 Å². The molecule has 2 aromatic rings. The molecule has 0 spiro atoms. The molecule has 1 aromatic heterocycles. The summed E-state index contributed by atoms with van der Waals surface area (Å²) in [5.74, 6) is 0.814. The van der Waals surface area contributed by atoms with Gasteiger partial charge in [-0.1, -0.05) is 25.1 Å². The van der Waals surface area contributed by atoms with Crippen molar-refractivity contribution in [3.8, 4) is 0 Å². The van der Waals surface area contributed by atoms with Crippen LogP contribution >= 0.6 is 0 Å². The second kappa shape index (κ2) is 3.58. The fraction of sp³-hybridized carbons (Fsp3) is 0.400. The van der Waals surface area contributed by atoms with Crippen LogP contribution in [0.5, 0.6) is 0 Å². The Hall–Kier alpha value is -1.37. The maximum absolute atomic E-state index is 4.81. The highest BCUT2D eigenvalue weighted by atomic mass is 14.7. The Morgan fingerprint density at radius 3 is 2.94 bits per heavy atom. The van der Waals surface area contributed by atoms with Crippen LogP contribution in [0.25, 0.3) is 10.9 Å². The predicted octanol–water partition coefficient (Wildman–Crippen LogP) is 3.67. The van der Waals surface area contributed by atoms with E-state index in [1.54, 1.807) is 0 Å². The molecule has 0 aliphatic heterocycles. The van der Waals surface area contributed by atoms with Gasteiger partial charge < -0.3 is 0 Å². The third-order valence-corrected chi connectivity index (χ3v) is 3.79. The smallest absolute Gasteiger partial charge is 0.0708 e. The third-order valence-electron chi connectivity index (χ3n) is 3.79. The van der Waals surface area contributed by atoms with Crippen LogP contribution in [0.2, 0.25) is 0 Å². The second-order valence-electron chi connectivity index (χ2n) is 5.03. The molecule has 1 aliphatic carbocycles. The number of fused-ring (bicyclic) bond motifs is 2. The highest BCUT2D eigenvalue weighted by Gasteiger charge is 2.19. The first-order valence-corrected chi connectivity index (χ1v) is 6.13. The van der Waals surface area contributed by atoms with Crippen LogP contribution < -0.4 is 0 Å². The summed E-state index contributed by atoms with van der Waals surface area (Å²) in [4.78, 5) is 4.81. The highest BCUT2D eigenvalue weighted by molar-refractivity contribution is 5.83. The molecule has 1 aromatic carbocycles. The normalized spacial score (nSPS) is 19.8. The van der Waals surface area contributed by atoms with E-state index in [1.165, 1.54) is 35.0 Å². The SMILES string of the molecule is Cc1c2c(nc3ccccc13)CC[C@H](C)C2. The first-order valence-electron chi connectivity index (χ1n) is 6.13. The lowest BCUT2D eigenvalue weighted by Gasteiger charge is -2.23. The van der Waals surface area contributed by atoms with E-state index in [-0.39, 0.29) is 0 Å². The molecule has 0 unspecified atom stereocenters. The van der Waals surface area contributed by atoms with Gasteiger partial charge in [0.2, 0.25) is 0 Å². The van der Waals surface area contributed by atoms with Gasteiger partial charge in [-0.15, -0.1) is 0 Å². The molecule has 1 heterocycles. The van der Waals surface area contributed by atoms with Crippen LogP contribution in [0.4, 0.5) is 0 Å². The van der Waals surface area contributed by atoms with Crippen molar-refractivity contribution in [2.45, 2.75) is 33.1 Å². The topological polar surface area (TPSA) is 12.9 Å². The Balaban J connectivity index is 2.29. The average molecular weight is 211 g/mol. The number of para-hydroxylation sites is 1. The minimum absolute atomic E-state index is 0.814. The summed E-state index contributed by atoms with van der Waals surface area (Å²) in [5, 5.41) is 1.33. The maximum Gasteiger partial charge on any atom is 0.0708 e. The van der Waals surface area contributed by atoms with Crippen molar-refractivity contribution in [1.82, 2.24) is 4.98 Å². The Labute approximate surface area is 96.5 Å². The molecule has 0 fully saturated rings. The molecule has 0 bridgehead atoms. The largest absolute Gasteiger partial charge is 0.253 e. The van der Waals surface area contributed by atoms with E-state index in [0.717, 1.165) is 17.9 Å². The number of benzene rings is 1. The van der Waals surface area contributed by atoms with E-state index < -0.39 is 0 Å². The van der Waals surface area contributed by atoms with Crippen molar-refractivity contribution in [3.63, 3.8) is 0 Å². The molecule has 16 heavy (non-hydrogen) atoms. The van der Waals surface area contributed by atoms with Crippen molar-refractivity contribution in [2.75, 3.05) is 0 Å². The Kier molecular flexibility index (Phi) is 2.20. The van der Waals surface area contributed by atoms with Gasteiger partial charge in [-0.3, -0.25) is 4.98 Å². The van der Waals surface area contributed by atoms with Crippen LogP contribution in [0.15, 0.2) is 24.3 Å². The van der Waals surface area contributed by atoms with Crippen LogP contribution in [0, 0.1) is 12.8 Å². The highest BCUT2D eigenvalue weighted by Crippen LogP contribution is 2.30. The van der Waals surface area contributed by atoms with E-state index in [9.17, 15) is 0 Å². The molecule has 0 amide bonds. The quantitative estimate of drug-likeness (QED) is 0.648. The molecule has 1 aliphatic rings. The van der Waals surface area contributed by atoms with Crippen molar-refractivity contribution in [3.05, 3.63) is 41.1 Å². The molecule has 1 atom stereocenters. The number of hydrogen-bond acceptors (Lipinski definition) is 1. The van der Waals surface area contributed by atoms with E-state index in [0.29, 0.717) is 0 Å². The van der Waals surface area contributed by atoms with Crippen molar-refractivity contribution in [2.24, 2.45) is 5.92 Å². The summed E-state index contributed by atoms with van der Waals surface area (Å²) in [5.41, 5.74) is 5.47. The molecular weight excluding hydrogens is 194 g/mol. The van der Waals surface area contributed by atoms with Crippen LogP contribution in [-0.4, -0.2) is 4.98 Å². The molecule has 1 heteroatoms. The molecule has 82 valence electrons. The van der Waals surface area contributed by atoms with Gasteiger partial charge in [0.1, 0.15) is 0 Å². The van der Waals surface area contributed by atoms with Crippen molar-refractivity contribution in [1.29, 1.82) is 0 Å². The fourth-order valence-electron chi connectivity index (χ4n) is 2.79. The third kappa shape index (κ3) is 1.42. The Morgan fingerprint density at radius 1 is 1.25 bits per heavy atom. The Morgan fingerprint density at radius 2 is 2.06 bits per heavy atom. The van der Waals surface area contributed by atoms with Gasteiger partial charge in [-0.2, -0.15) is 0 Å². The molecular formula is C15H17N. The molecule has 0 radical (unpaired) electrons. The van der Waals surface area contributed by atoms with Crippen molar-refractivity contribution >= 4 is 10.9 Å². The predicted molar refractivity (Wildman–Crippen MR) is 67.7 cm³/mol. The number of aromatic nitrogens is 1. The maximum atomic E-state index is 4.81. The second-order valence-corrected chi connectivity index (χ2v) is 5.03. The zero-order valence-corrected chi connectivity index (χ0v) is 9.96. The first-order chi connectivity index (χ1) is 7.75. The first kappa shape index (κ1) is 9.83. The summed E-state index contributed by atoms with van der Waals surface area (Å²) < 4.78 is 0. The zero-order chi connectivity index (χ0) is 11.1. The molecule has 1 nitrogen and oxygen atoms in total. The average Bonchev–Trinajstić information content (AvgIpc) is 2.31. The zero-order valence-electron chi connectivity index (χ0n) is 9.96. The summed E-state index contributed by atoms with van der Waals surface area (Å²) in [6.45, 7) is 4.60. The van der Waals surface area contributed by atoms with Gasteiger partial charge in [0, 0.05) is 11.1 Å². The van der Waals surface area contributed by atoms with Crippen LogP contribution in [0.3, 0.4) is 0 Å². The van der Waals surface area contributed by atoms with Crippen LogP contribution in [0.1, 0.15) is 30.2 Å². The lowest BCUT2D eigenvalue weighted by molar-refractivity contribution is 0.493. The Bertz CT molecular complexity index is 542. The summed E-state index contributed by atoms with van der Waals surface area (Å²) in [7, 11) is 0. The summed E-state index contributed by atoms with van der Waals surface area (Å²) in [6.07, 6.45) is 3.65. The molecule has 3 rings (SSSR count). The monoisotopic (exact) mass is 211 g/mol. The van der Waals surface area contributed by atoms with E-state index in [4.69, 9.17) is 4.98 Å². The summed E-state index contributed by atoms with van der Waals surface area (Å²) >= 11 is 0. The van der Waals surface area contributed by atoms with Gasteiger partial charge in [-0.05, 0) is 49.3 Å². The number of rotatable bonds is 0. The van der Waals surface area contributed by atoms with E-state index in [2.05, 4.69) is 38.1 Å². The molecule has 0 saturated heterocycles. The van der Waals surface area contributed by atoms with Gasteiger partial charge in [-0.25, -0.2) is 0 Å². The van der Waals surface area contributed by atoms with Gasteiger partial charge in [0.15, 0.2) is 0 Å². The standard InChI is InChI=1S/C15H17N/c1-10-7-8-15-13(9-10)11(2)12-5-3-4-6-14(12)16-15/h3-6,10H,7-9H2,1-2H3/t10-/m0/s1. The van der Waals surface area contributed by atoms with E-state index >= 15 is 0 Å². The fourth-order valence-corrected chi connectivity index (χ4v) is 2.79. The molecule has 0 N–H and O–H groups in total. The number of hydrogen-bond donors (Lipinski definition) is 0. The van der Waals surface area contributed by atoms with Gasteiger partial charge in [0.25, 0.3) is 0 Å². The molecule has 0 saturated carbocycles. The summed E-state index contributed by atoms with van der Waals surface area (Å²) in [6, 6.07) is 8.50. The van der Waals surface area contributed by atoms with Crippen molar-refractivity contribution < 1.29 is 0 Å². The lowest BCUT2D eigenvalue weighted by Crippen LogP contribution is -2.14. The number of pyridine rings is 1. The minimum Gasteiger partial charge on any atom is -0.253 e.